The van der Waals surface area contributed by atoms with Crippen LogP contribution < -0.4 is 0 Å². The molecule has 5 nitrogen and oxygen atoms in total. The van der Waals surface area contributed by atoms with E-state index in [-0.39, 0.29) is 17.6 Å². The first kappa shape index (κ1) is 10.9. The number of hydrogen-bond acceptors (Lipinski definition) is 5. The topological polar surface area (TPSA) is 73.1 Å². The lowest BCUT2D eigenvalue weighted by atomic mass is 9.83. The van der Waals surface area contributed by atoms with Gasteiger partial charge in [0.05, 0.1) is 0 Å². The first-order chi connectivity index (χ1) is 6.99. The van der Waals surface area contributed by atoms with Crippen molar-refractivity contribution in [2.75, 3.05) is 6.26 Å². The zero-order valence-electron chi connectivity index (χ0n) is 8.23. The Hall–Kier alpha value is -0.620. The van der Waals surface area contributed by atoms with Crippen LogP contribution in [0, 0.1) is 0 Å². The Kier molecular flexibility index (Phi) is 2.50. The molecule has 1 aromatic rings. The zero-order chi connectivity index (χ0) is 11.1. The third kappa shape index (κ3) is 1.56. The number of aromatic nitrogens is 2. The maximum absolute atomic E-state index is 11.7. The van der Waals surface area contributed by atoms with E-state index in [2.05, 4.69) is 10.1 Å². The lowest BCUT2D eigenvalue weighted by Gasteiger charge is -2.36. The Morgan fingerprint density at radius 2 is 2.20 bits per heavy atom. The molecular formula is C8H11ClN2O3S. The third-order valence-electron chi connectivity index (χ3n) is 2.86. The lowest BCUT2D eigenvalue weighted by Crippen LogP contribution is -2.42. The monoisotopic (exact) mass is 250 g/mol. The van der Waals surface area contributed by atoms with Crippen LogP contribution in [0.4, 0.5) is 0 Å². The van der Waals surface area contributed by atoms with Crippen LogP contribution >= 0.6 is 11.6 Å². The van der Waals surface area contributed by atoms with Crippen LogP contribution in [-0.2, 0) is 20.5 Å². The Morgan fingerprint density at radius 3 is 2.53 bits per heavy atom. The molecule has 0 saturated heterocycles. The predicted octanol–water partition coefficient (Wildman–Crippen LogP) is 1.23. The number of sulfone groups is 1. The largest absolute Gasteiger partial charge is 0.338 e. The number of alkyl halides is 1. The van der Waals surface area contributed by atoms with Crippen molar-refractivity contribution in [2.24, 2.45) is 0 Å². The lowest BCUT2D eigenvalue weighted by molar-refractivity contribution is 0.310. The van der Waals surface area contributed by atoms with Crippen molar-refractivity contribution in [1.29, 1.82) is 0 Å². The third-order valence-corrected chi connectivity index (χ3v) is 5.10. The maximum Gasteiger partial charge on any atom is 0.241 e. The molecule has 0 aliphatic heterocycles. The van der Waals surface area contributed by atoms with Gasteiger partial charge >= 0.3 is 0 Å². The highest BCUT2D eigenvalue weighted by Gasteiger charge is 2.51. The van der Waals surface area contributed by atoms with Gasteiger partial charge in [0.15, 0.2) is 15.7 Å². The molecule has 1 aromatic heterocycles. The van der Waals surface area contributed by atoms with Gasteiger partial charge in [-0.1, -0.05) is 5.16 Å². The summed E-state index contributed by atoms with van der Waals surface area (Å²) in [5, 5.41) is 3.70. The summed E-state index contributed by atoms with van der Waals surface area (Å²) in [5.41, 5.74) is 0. The summed E-state index contributed by atoms with van der Waals surface area (Å²) in [6.45, 7) is 0. The second kappa shape index (κ2) is 3.45. The predicted molar refractivity (Wildman–Crippen MR) is 54.2 cm³/mol. The zero-order valence-corrected chi connectivity index (χ0v) is 9.81. The van der Waals surface area contributed by atoms with E-state index in [9.17, 15) is 8.42 Å². The van der Waals surface area contributed by atoms with E-state index < -0.39 is 14.6 Å². The molecule has 0 unspecified atom stereocenters. The van der Waals surface area contributed by atoms with Gasteiger partial charge in [-0.05, 0) is 19.3 Å². The van der Waals surface area contributed by atoms with Crippen LogP contribution in [-0.4, -0.2) is 24.8 Å². The number of hydrogen-bond donors (Lipinski definition) is 0. The molecule has 1 aliphatic rings. The van der Waals surface area contributed by atoms with E-state index in [1.165, 1.54) is 6.26 Å². The van der Waals surface area contributed by atoms with E-state index in [1.807, 2.05) is 0 Å². The summed E-state index contributed by atoms with van der Waals surface area (Å²) < 4.78 is 27.3. The van der Waals surface area contributed by atoms with E-state index in [1.54, 1.807) is 0 Å². The average molecular weight is 251 g/mol. The highest BCUT2D eigenvalue weighted by Crippen LogP contribution is 2.46. The molecule has 0 spiro atoms. The molecule has 0 N–H and O–H groups in total. The van der Waals surface area contributed by atoms with E-state index in [0.29, 0.717) is 12.8 Å². The van der Waals surface area contributed by atoms with Crippen molar-refractivity contribution in [2.45, 2.75) is 29.9 Å². The van der Waals surface area contributed by atoms with Gasteiger partial charge in [0, 0.05) is 6.26 Å². The summed E-state index contributed by atoms with van der Waals surface area (Å²) in [6, 6.07) is 0. The van der Waals surface area contributed by atoms with Crippen molar-refractivity contribution < 1.29 is 12.9 Å². The van der Waals surface area contributed by atoms with Crippen LogP contribution in [0.15, 0.2) is 4.52 Å². The van der Waals surface area contributed by atoms with Crippen molar-refractivity contribution in [3.8, 4) is 0 Å². The summed E-state index contributed by atoms with van der Waals surface area (Å²) in [6.07, 6.45) is 3.21. The molecule has 1 heterocycles. The van der Waals surface area contributed by atoms with Gasteiger partial charge < -0.3 is 4.52 Å². The molecule has 2 rings (SSSR count). The minimum atomic E-state index is -3.20. The standard InChI is InChI=1S/C8H11ClN2O3S/c1-15(12,13)8(3-2-4-8)7-10-6(5-9)14-11-7/h2-5H2,1H3. The molecule has 84 valence electrons. The van der Waals surface area contributed by atoms with E-state index in [0.717, 1.165) is 6.42 Å². The molecule has 0 amide bonds. The molecule has 1 fully saturated rings. The van der Waals surface area contributed by atoms with Crippen molar-refractivity contribution in [1.82, 2.24) is 10.1 Å². The molecule has 0 radical (unpaired) electrons. The highest BCUT2D eigenvalue weighted by molar-refractivity contribution is 7.91. The van der Waals surface area contributed by atoms with Gasteiger partial charge in [0.1, 0.15) is 10.6 Å². The molecule has 7 heteroatoms. The average Bonchev–Trinajstić information content (AvgIpc) is 2.47. The van der Waals surface area contributed by atoms with Crippen LogP contribution in [0.2, 0.25) is 0 Å². The van der Waals surface area contributed by atoms with Crippen LogP contribution in [0.3, 0.4) is 0 Å². The van der Waals surface area contributed by atoms with Crippen LogP contribution in [0.25, 0.3) is 0 Å². The van der Waals surface area contributed by atoms with Gasteiger partial charge in [-0.15, -0.1) is 11.6 Å². The number of halogens is 1. The molecule has 1 saturated carbocycles. The smallest absolute Gasteiger partial charge is 0.241 e. The molecular weight excluding hydrogens is 240 g/mol. The second-order valence-corrected chi connectivity index (χ2v) is 6.36. The Bertz CT molecular complexity index is 464. The first-order valence-electron chi connectivity index (χ1n) is 4.58. The molecule has 0 atom stereocenters. The summed E-state index contributed by atoms with van der Waals surface area (Å²) >= 11 is 5.52. The van der Waals surface area contributed by atoms with Gasteiger partial charge in [0.2, 0.25) is 5.89 Å². The Labute approximate surface area is 92.7 Å². The minimum Gasteiger partial charge on any atom is -0.338 e. The molecule has 1 aliphatic carbocycles. The SMILES string of the molecule is CS(=O)(=O)C1(c2noc(CCl)n2)CCC1. The van der Waals surface area contributed by atoms with Gasteiger partial charge in [-0.25, -0.2) is 8.42 Å². The second-order valence-electron chi connectivity index (χ2n) is 3.77. The van der Waals surface area contributed by atoms with Crippen LogP contribution in [0.5, 0.6) is 0 Å². The minimum absolute atomic E-state index is 0.104. The summed E-state index contributed by atoms with van der Waals surface area (Å²) in [4.78, 5) is 4.00. The van der Waals surface area contributed by atoms with Gasteiger partial charge in [-0.2, -0.15) is 4.98 Å². The van der Waals surface area contributed by atoms with E-state index >= 15 is 0 Å². The molecule has 0 aromatic carbocycles. The van der Waals surface area contributed by atoms with E-state index in [4.69, 9.17) is 16.1 Å². The maximum atomic E-state index is 11.7. The fraction of sp³-hybridized carbons (Fsp3) is 0.750. The summed E-state index contributed by atoms with van der Waals surface area (Å²) in [7, 11) is -3.20. The van der Waals surface area contributed by atoms with Crippen molar-refractivity contribution in [3.05, 3.63) is 11.7 Å². The molecule has 15 heavy (non-hydrogen) atoms. The molecule has 0 bridgehead atoms. The van der Waals surface area contributed by atoms with Gasteiger partial charge in [0.25, 0.3) is 0 Å². The van der Waals surface area contributed by atoms with Crippen molar-refractivity contribution in [3.63, 3.8) is 0 Å². The quantitative estimate of drug-likeness (QED) is 0.755. The fourth-order valence-electron chi connectivity index (χ4n) is 1.75. The summed E-state index contributed by atoms with van der Waals surface area (Å²) in [5.74, 6) is 0.626. The normalized spacial score (nSPS) is 19.9. The van der Waals surface area contributed by atoms with Gasteiger partial charge in [-0.3, -0.25) is 0 Å². The van der Waals surface area contributed by atoms with Crippen molar-refractivity contribution >= 4 is 21.4 Å². The Morgan fingerprint density at radius 1 is 1.53 bits per heavy atom. The van der Waals surface area contributed by atoms with Crippen LogP contribution in [0.1, 0.15) is 31.0 Å². The Balaban J connectivity index is 2.43. The first-order valence-corrected chi connectivity index (χ1v) is 7.01. The number of nitrogens with zero attached hydrogens (tertiary/aromatic N) is 2. The fourth-order valence-corrected chi connectivity index (χ4v) is 3.31. The highest BCUT2D eigenvalue weighted by atomic mass is 35.5. The number of rotatable bonds is 3.